The van der Waals surface area contributed by atoms with Crippen LogP contribution in [0.1, 0.15) is 38.8 Å². The normalized spacial score (nSPS) is 11.6. The number of benzene rings is 2. The Morgan fingerprint density at radius 3 is 2.37 bits per heavy atom. The Hall–Kier alpha value is -3.46. The number of likely N-dealkylation sites (N-methyl/N-ethyl adjacent to an activating group) is 1. The Kier molecular flexibility index (Phi) is 7.07. The monoisotopic (exact) mass is 494 g/mol. The van der Waals surface area contributed by atoms with E-state index in [1.807, 2.05) is 24.1 Å². The first kappa shape index (κ1) is 24.7. The number of fused-ring (bicyclic) bond motifs is 1. The van der Waals surface area contributed by atoms with E-state index in [-0.39, 0.29) is 23.8 Å². The number of aryl methyl sites for hydroxylation is 1. The minimum atomic E-state index is -0.293. The molecule has 2 aromatic carbocycles. The molecule has 1 amide bonds. The van der Waals surface area contributed by atoms with Crippen molar-refractivity contribution in [2.24, 2.45) is 0 Å². The minimum absolute atomic E-state index is 0.0834. The van der Waals surface area contributed by atoms with E-state index in [4.69, 9.17) is 10.1 Å². The van der Waals surface area contributed by atoms with Gasteiger partial charge in [-0.05, 0) is 62.6 Å². The summed E-state index contributed by atoms with van der Waals surface area (Å²) in [5.41, 5.74) is 3.61. The maximum Gasteiger partial charge on any atom is 0.239 e. The first-order valence-electron chi connectivity index (χ1n) is 11.6. The summed E-state index contributed by atoms with van der Waals surface area (Å²) in [6.45, 7) is 8.95. The molecule has 0 atom stereocenters. The first-order chi connectivity index (χ1) is 16.6. The molecule has 0 aliphatic rings. The first-order valence-corrected chi connectivity index (χ1v) is 12.4. The molecule has 0 aliphatic carbocycles. The lowest BCUT2D eigenvalue weighted by Crippen LogP contribution is -2.34. The highest BCUT2D eigenvalue weighted by molar-refractivity contribution is 7.20. The second-order valence-corrected chi connectivity index (χ2v) is 10.5. The average Bonchev–Trinajstić information content (AvgIpc) is 3.37. The number of carbonyl (C=O) groups excluding carboxylic acids is 1. The average molecular weight is 495 g/mol. The summed E-state index contributed by atoms with van der Waals surface area (Å²) < 4.78 is 15.2. The number of rotatable bonds is 8. The van der Waals surface area contributed by atoms with Crippen LogP contribution in [-0.4, -0.2) is 39.6 Å². The summed E-state index contributed by atoms with van der Waals surface area (Å²) in [6, 6.07) is 14.5. The molecular formula is C26H31FN6OS. The van der Waals surface area contributed by atoms with Gasteiger partial charge < -0.3 is 15.5 Å². The van der Waals surface area contributed by atoms with E-state index < -0.39 is 0 Å². The second-order valence-electron chi connectivity index (χ2n) is 9.57. The smallest absolute Gasteiger partial charge is 0.239 e. The Morgan fingerprint density at radius 2 is 1.74 bits per heavy atom. The molecule has 2 aromatic heterocycles. The fourth-order valence-electron chi connectivity index (χ4n) is 3.60. The van der Waals surface area contributed by atoms with Gasteiger partial charge in [-0.15, -0.1) is 5.10 Å². The SMILES string of the molecule is CCc1ccc(CNC(=O)CN(C)c2nn3c(NC(C)(C)C)c(-c4ccc(F)cc4)nc3s2)cc1. The molecule has 0 saturated heterocycles. The van der Waals surface area contributed by atoms with Crippen molar-refractivity contribution in [3.05, 3.63) is 65.5 Å². The number of nitrogens with zero attached hydrogens (tertiary/aromatic N) is 4. The summed E-state index contributed by atoms with van der Waals surface area (Å²) >= 11 is 1.40. The number of carbonyl (C=O) groups is 1. The van der Waals surface area contributed by atoms with Crippen LogP contribution in [-0.2, 0) is 17.8 Å². The highest BCUT2D eigenvalue weighted by atomic mass is 32.1. The number of amides is 1. The third kappa shape index (κ3) is 5.97. The van der Waals surface area contributed by atoms with Crippen molar-refractivity contribution in [1.29, 1.82) is 0 Å². The van der Waals surface area contributed by atoms with Crippen LogP contribution in [0.3, 0.4) is 0 Å². The van der Waals surface area contributed by atoms with Gasteiger partial charge in [-0.25, -0.2) is 9.37 Å². The summed E-state index contributed by atoms with van der Waals surface area (Å²) in [5.74, 6) is 0.355. The van der Waals surface area contributed by atoms with Gasteiger partial charge in [-0.1, -0.05) is 42.5 Å². The van der Waals surface area contributed by atoms with Crippen LogP contribution in [0.15, 0.2) is 48.5 Å². The van der Waals surface area contributed by atoms with E-state index in [1.165, 1.54) is 29.0 Å². The maximum atomic E-state index is 13.5. The molecule has 35 heavy (non-hydrogen) atoms. The van der Waals surface area contributed by atoms with Crippen LogP contribution in [0.25, 0.3) is 16.2 Å². The Balaban J connectivity index is 1.50. The predicted molar refractivity (Wildman–Crippen MR) is 141 cm³/mol. The molecule has 0 spiro atoms. The van der Waals surface area contributed by atoms with Gasteiger partial charge in [0, 0.05) is 24.7 Å². The van der Waals surface area contributed by atoms with Crippen LogP contribution < -0.4 is 15.5 Å². The van der Waals surface area contributed by atoms with Crippen molar-refractivity contribution < 1.29 is 9.18 Å². The Labute approximate surface area is 209 Å². The summed E-state index contributed by atoms with van der Waals surface area (Å²) in [7, 11) is 1.84. The largest absolute Gasteiger partial charge is 0.364 e. The van der Waals surface area contributed by atoms with E-state index in [9.17, 15) is 9.18 Å². The van der Waals surface area contributed by atoms with E-state index in [1.54, 1.807) is 16.6 Å². The lowest BCUT2D eigenvalue weighted by molar-refractivity contribution is -0.119. The van der Waals surface area contributed by atoms with Gasteiger partial charge in [0.05, 0.1) is 6.54 Å². The molecule has 0 bridgehead atoms. The topological polar surface area (TPSA) is 74.6 Å². The zero-order chi connectivity index (χ0) is 25.2. The van der Waals surface area contributed by atoms with Gasteiger partial charge in [-0.3, -0.25) is 4.79 Å². The van der Waals surface area contributed by atoms with Crippen LogP contribution in [0.4, 0.5) is 15.3 Å². The van der Waals surface area contributed by atoms with Crippen molar-refractivity contribution in [2.75, 3.05) is 23.8 Å². The molecule has 2 heterocycles. The minimum Gasteiger partial charge on any atom is -0.364 e. The van der Waals surface area contributed by atoms with Crippen molar-refractivity contribution >= 4 is 33.2 Å². The van der Waals surface area contributed by atoms with E-state index >= 15 is 0 Å². The highest BCUT2D eigenvalue weighted by Crippen LogP contribution is 2.34. The summed E-state index contributed by atoms with van der Waals surface area (Å²) in [5, 5.41) is 11.9. The Morgan fingerprint density at radius 1 is 1.09 bits per heavy atom. The zero-order valence-electron chi connectivity index (χ0n) is 20.7. The summed E-state index contributed by atoms with van der Waals surface area (Å²) in [6.07, 6.45) is 0.993. The van der Waals surface area contributed by atoms with Crippen LogP contribution in [0.5, 0.6) is 0 Å². The molecule has 2 N–H and O–H groups in total. The molecule has 184 valence electrons. The van der Waals surface area contributed by atoms with Crippen molar-refractivity contribution in [3.63, 3.8) is 0 Å². The van der Waals surface area contributed by atoms with Crippen molar-refractivity contribution in [3.8, 4) is 11.3 Å². The third-order valence-electron chi connectivity index (χ3n) is 5.43. The lowest BCUT2D eigenvalue weighted by Gasteiger charge is -2.22. The second kappa shape index (κ2) is 10.0. The lowest BCUT2D eigenvalue weighted by atomic mass is 10.1. The quantitative estimate of drug-likeness (QED) is 0.356. The fraction of sp³-hybridized carbons (Fsp3) is 0.346. The van der Waals surface area contributed by atoms with Gasteiger partial charge in [0.2, 0.25) is 16.0 Å². The van der Waals surface area contributed by atoms with Gasteiger partial charge in [0.1, 0.15) is 11.5 Å². The molecule has 0 aliphatic heterocycles. The highest BCUT2D eigenvalue weighted by Gasteiger charge is 2.23. The molecule has 0 saturated carbocycles. The maximum absolute atomic E-state index is 13.5. The molecule has 4 aromatic rings. The molecule has 4 rings (SSSR count). The molecule has 0 unspecified atom stereocenters. The Bertz CT molecular complexity index is 1300. The van der Waals surface area contributed by atoms with Crippen LogP contribution in [0, 0.1) is 5.82 Å². The van der Waals surface area contributed by atoms with E-state index in [0.29, 0.717) is 22.3 Å². The molecule has 9 heteroatoms. The number of nitrogens with one attached hydrogen (secondary N) is 2. The van der Waals surface area contributed by atoms with E-state index in [0.717, 1.165) is 23.4 Å². The van der Waals surface area contributed by atoms with Gasteiger partial charge >= 0.3 is 0 Å². The zero-order valence-corrected chi connectivity index (χ0v) is 21.5. The fourth-order valence-corrected chi connectivity index (χ4v) is 4.46. The van der Waals surface area contributed by atoms with Crippen molar-refractivity contribution in [2.45, 2.75) is 46.2 Å². The standard InChI is InChI=1S/C26H31FN6OS/c1-6-17-7-9-18(10-8-17)15-28-21(34)16-32(5)25-31-33-23(30-26(2,3)4)22(29-24(33)35-25)19-11-13-20(27)14-12-19/h7-14,30H,6,15-16H2,1-5H3,(H,28,34). The number of halogens is 1. The van der Waals surface area contributed by atoms with Crippen LogP contribution >= 0.6 is 11.3 Å². The van der Waals surface area contributed by atoms with Gasteiger partial charge in [0.25, 0.3) is 0 Å². The number of hydrogen-bond donors (Lipinski definition) is 2. The molecular weight excluding hydrogens is 463 g/mol. The third-order valence-corrected chi connectivity index (χ3v) is 6.45. The number of aromatic nitrogens is 3. The van der Waals surface area contributed by atoms with Gasteiger partial charge in [-0.2, -0.15) is 4.52 Å². The molecule has 0 fully saturated rings. The number of hydrogen-bond acceptors (Lipinski definition) is 6. The molecule has 0 radical (unpaired) electrons. The predicted octanol–water partition coefficient (Wildman–Crippen LogP) is 5.12. The van der Waals surface area contributed by atoms with Crippen LogP contribution in [0.2, 0.25) is 0 Å². The van der Waals surface area contributed by atoms with E-state index in [2.05, 4.69) is 50.5 Å². The van der Waals surface area contributed by atoms with Gasteiger partial charge in [0.15, 0.2) is 5.82 Å². The van der Waals surface area contributed by atoms with Crippen molar-refractivity contribution in [1.82, 2.24) is 19.9 Å². The summed E-state index contributed by atoms with van der Waals surface area (Å²) in [4.78, 5) is 19.8. The molecule has 7 nitrogen and oxygen atoms in total. The number of anilines is 2. The number of imidazole rings is 1.